The van der Waals surface area contributed by atoms with Crippen molar-refractivity contribution < 1.29 is 0 Å². The second-order valence-electron chi connectivity index (χ2n) is 5.04. The molecule has 3 rings (SSSR count). The second kappa shape index (κ2) is 5.06. The van der Waals surface area contributed by atoms with Crippen molar-refractivity contribution >= 4 is 26.8 Å². The Morgan fingerprint density at radius 3 is 2.72 bits per heavy atom. The van der Waals surface area contributed by atoms with Crippen LogP contribution in [0, 0.1) is 0 Å². The van der Waals surface area contributed by atoms with E-state index in [0.29, 0.717) is 0 Å². The largest absolute Gasteiger partial charge is 0.343 e. The molecule has 0 atom stereocenters. The SMILES string of the molecule is CCn1c(CN2CCCC2)cc2cccc(Br)c21. The molecular weight excluding hydrogens is 288 g/mol. The fourth-order valence-electron chi connectivity index (χ4n) is 3.00. The van der Waals surface area contributed by atoms with Crippen LogP contribution in [0.3, 0.4) is 0 Å². The number of likely N-dealkylation sites (tertiary alicyclic amines) is 1. The number of aromatic nitrogens is 1. The van der Waals surface area contributed by atoms with Crippen LogP contribution in [-0.4, -0.2) is 22.6 Å². The maximum atomic E-state index is 3.68. The molecule has 0 radical (unpaired) electrons. The van der Waals surface area contributed by atoms with E-state index in [1.807, 2.05) is 0 Å². The van der Waals surface area contributed by atoms with Gasteiger partial charge in [0.1, 0.15) is 0 Å². The smallest absolute Gasteiger partial charge is 0.0627 e. The number of benzene rings is 1. The minimum Gasteiger partial charge on any atom is -0.343 e. The van der Waals surface area contributed by atoms with Crippen LogP contribution >= 0.6 is 15.9 Å². The molecule has 0 spiro atoms. The van der Waals surface area contributed by atoms with Crippen molar-refractivity contribution in [2.75, 3.05) is 13.1 Å². The topological polar surface area (TPSA) is 8.17 Å². The van der Waals surface area contributed by atoms with Gasteiger partial charge in [0, 0.05) is 28.6 Å². The summed E-state index contributed by atoms with van der Waals surface area (Å²) in [6, 6.07) is 8.81. The number of halogens is 1. The summed E-state index contributed by atoms with van der Waals surface area (Å²) in [5.41, 5.74) is 2.79. The van der Waals surface area contributed by atoms with Gasteiger partial charge in [0.05, 0.1) is 5.52 Å². The molecule has 3 heteroatoms. The minimum absolute atomic E-state index is 1.04. The Morgan fingerprint density at radius 1 is 1.22 bits per heavy atom. The third-order valence-electron chi connectivity index (χ3n) is 3.86. The number of fused-ring (bicyclic) bond motifs is 1. The molecular formula is C15H19BrN2. The van der Waals surface area contributed by atoms with Gasteiger partial charge in [-0.1, -0.05) is 12.1 Å². The van der Waals surface area contributed by atoms with Gasteiger partial charge in [-0.05, 0) is 60.9 Å². The van der Waals surface area contributed by atoms with Gasteiger partial charge in [0.25, 0.3) is 0 Å². The molecule has 2 aromatic rings. The summed E-state index contributed by atoms with van der Waals surface area (Å²) in [4.78, 5) is 2.56. The number of hydrogen-bond acceptors (Lipinski definition) is 1. The molecule has 2 heterocycles. The van der Waals surface area contributed by atoms with Crippen LogP contribution in [0.2, 0.25) is 0 Å². The van der Waals surface area contributed by atoms with Crippen molar-refractivity contribution in [1.82, 2.24) is 9.47 Å². The average molecular weight is 307 g/mol. The minimum atomic E-state index is 1.04. The summed E-state index contributed by atoms with van der Waals surface area (Å²) in [5, 5.41) is 1.35. The quantitative estimate of drug-likeness (QED) is 0.831. The highest BCUT2D eigenvalue weighted by atomic mass is 79.9. The first kappa shape index (κ1) is 12.2. The normalized spacial score (nSPS) is 16.8. The van der Waals surface area contributed by atoms with Crippen LogP contribution in [-0.2, 0) is 13.1 Å². The van der Waals surface area contributed by atoms with Gasteiger partial charge in [-0.25, -0.2) is 0 Å². The number of nitrogens with zero attached hydrogens (tertiary/aromatic N) is 2. The fourth-order valence-corrected chi connectivity index (χ4v) is 3.59. The van der Waals surface area contributed by atoms with Gasteiger partial charge < -0.3 is 4.57 Å². The molecule has 0 amide bonds. The van der Waals surface area contributed by atoms with E-state index in [2.05, 4.69) is 56.6 Å². The Morgan fingerprint density at radius 2 is 2.00 bits per heavy atom. The molecule has 2 nitrogen and oxygen atoms in total. The molecule has 1 aliphatic rings. The zero-order valence-electron chi connectivity index (χ0n) is 10.8. The molecule has 1 aliphatic heterocycles. The molecule has 0 saturated carbocycles. The number of aryl methyl sites for hydroxylation is 1. The molecule has 0 N–H and O–H groups in total. The Kier molecular flexibility index (Phi) is 3.44. The van der Waals surface area contributed by atoms with Crippen LogP contribution in [0.15, 0.2) is 28.7 Å². The van der Waals surface area contributed by atoms with Crippen molar-refractivity contribution in [2.45, 2.75) is 32.9 Å². The summed E-state index contributed by atoms with van der Waals surface area (Å²) in [6.07, 6.45) is 2.71. The van der Waals surface area contributed by atoms with E-state index in [0.717, 1.165) is 13.1 Å². The maximum absolute atomic E-state index is 3.68. The van der Waals surface area contributed by atoms with Crippen molar-refractivity contribution in [3.8, 4) is 0 Å². The van der Waals surface area contributed by atoms with Crippen molar-refractivity contribution in [3.63, 3.8) is 0 Å². The molecule has 0 unspecified atom stereocenters. The van der Waals surface area contributed by atoms with Crippen molar-refractivity contribution in [2.24, 2.45) is 0 Å². The molecule has 96 valence electrons. The van der Waals surface area contributed by atoms with E-state index in [1.54, 1.807) is 0 Å². The lowest BCUT2D eigenvalue weighted by Gasteiger charge is -2.16. The number of rotatable bonds is 3. The molecule has 1 aromatic heterocycles. The second-order valence-corrected chi connectivity index (χ2v) is 5.90. The molecule has 1 saturated heterocycles. The first-order valence-corrected chi connectivity index (χ1v) is 7.58. The van der Waals surface area contributed by atoms with E-state index >= 15 is 0 Å². The average Bonchev–Trinajstić information content (AvgIpc) is 2.97. The van der Waals surface area contributed by atoms with Gasteiger partial charge in [0.15, 0.2) is 0 Å². The van der Waals surface area contributed by atoms with Crippen LogP contribution < -0.4 is 0 Å². The van der Waals surface area contributed by atoms with Gasteiger partial charge in [0.2, 0.25) is 0 Å². The molecule has 1 aromatic carbocycles. The van der Waals surface area contributed by atoms with Gasteiger partial charge in [-0.15, -0.1) is 0 Å². The number of hydrogen-bond donors (Lipinski definition) is 0. The molecule has 0 bridgehead atoms. The zero-order chi connectivity index (χ0) is 12.5. The molecule has 18 heavy (non-hydrogen) atoms. The van der Waals surface area contributed by atoms with Crippen molar-refractivity contribution in [3.05, 3.63) is 34.4 Å². The first-order valence-electron chi connectivity index (χ1n) is 6.78. The highest BCUT2D eigenvalue weighted by molar-refractivity contribution is 9.10. The van der Waals surface area contributed by atoms with Crippen LogP contribution in [0.25, 0.3) is 10.9 Å². The van der Waals surface area contributed by atoms with Crippen LogP contribution in [0.4, 0.5) is 0 Å². The van der Waals surface area contributed by atoms with Crippen LogP contribution in [0.1, 0.15) is 25.5 Å². The van der Waals surface area contributed by atoms with Gasteiger partial charge >= 0.3 is 0 Å². The molecule has 1 fully saturated rings. The standard InChI is InChI=1S/C15H19BrN2/c1-2-18-13(11-17-8-3-4-9-17)10-12-6-5-7-14(16)15(12)18/h5-7,10H,2-4,8-9,11H2,1H3. The Labute approximate surface area is 117 Å². The summed E-state index contributed by atoms with van der Waals surface area (Å²) >= 11 is 3.68. The summed E-state index contributed by atoms with van der Waals surface area (Å²) in [7, 11) is 0. The third-order valence-corrected chi connectivity index (χ3v) is 4.50. The van der Waals surface area contributed by atoms with Crippen molar-refractivity contribution in [1.29, 1.82) is 0 Å². The lowest BCUT2D eigenvalue weighted by atomic mass is 10.2. The Balaban J connectivity index is 2.02. The Bertz CT molecular complexity index is 553. The van der Waals surface area contributed by atoms with Gasteiger partial charge in [-0.3, -0.25) is 4.90 Å². The predicted molar refractivity (Wildman–Crippen MR) is 79.8 cm³/mol. The van der Waals surface area contributed by atoms with Gasteiger partial charge in [-0.2, -0.15) is 0 Å². The van der Waals surface area contributed by atoms with E-state index in [9.17, 15) is 0 Å². The lowest BCUT2D eigenvalue weighted by Crippen LogP contribution is -2.20. The number of para-hydroxylation sites is 1. The van der Waals surface area contributed by atoms with Crippen LogP contribution in [0.5, 0.6) is 0 Å². The zero-order valence-corrected chi connectivity index (χ0v) is 12.4. The van der Waals surface area contributed by atoms with E-state index in [1.165, 1.54) is 47.0 Å². The van der Waals surface area contributed by atoms with E-state index < -0.39 is 0 Å². The monoisotopic (exact) mass is 306 g/mol. The lowest BCUT2D eigenvalue weighted by molar-refractivity contribution is 0.322. The fraction of sp³-hybridized carbons (Fsp3) is 0.467. The van der Waals surface area contributed by atoms with E-state index in [4.69, 9.17) is 0 Å². The first-order chi connectivity index (χ1) is 8.79. The molecule has 0 aliphatic carbocycles. The third kappa shape index (κ3) is 2.10. The predicted octanol–water partition coefficient (Wildman–Crippen LogP) is 4.02. The highest BCUT2D eigenvalue weighted by Gasteiger charge is 2.16. The summed E-state index contributed by atoms with van der Waals surface area (Å²) < 4.78 is 3.65. The highest BCUT2D eigenvalue weighted by Crippen LogP contribution is 2.28. The summed E-state index contributed by atoms with van der Waals surface area (Å²) in [5.74, 6) is 0. The Hall–Kier alpha value is -0.800. The maximum Gasteiger partial charge on any atom is 0.0627 e. The van der Waals surface area contributed by atoms with E-state index in [-0.39, 0.29) is 0 Å². The summed E-state index contributed by atoms with van der Waals surface area (Å²) in [6.45, 7) is 6.87.